The average Bonchev–Trinajstić information content (AvgIpc) is 2.78. The lowest BCUT2D eigenvalue weighted by atomic mass is 9.96. The molecule has 20 heavy (non-hydrogen) atoms. The Kier molecular flexibility index (Phi) is 5.48. The molecule has 1 saturated heterocycles. The first-order valence-electron chi connectivity index (χ1n) is 7.02. The van der Waals surface area contributed by atoms with E-state index in [4.69, 9.17) is 4.74 Å². The molecular weight excluding hydrogens is 258 g/mol. The predicted molar refractivity (Wildman–Crippen MR) is 75.0 cm³/mol. The Bertz CT molecular complexity index is 439. The SMILES string of the molecule is CCC=C(C)C(=O)C(C)C(=O)N1C(=O)OCC1C(C)C. The lowest BCUT2D eigenvalue weighted by Gasteiger charge is -2.24. The zero-order chi connectivity index (χ0) is 15.4. The Morgan fingerprint density at radius 1 is 1.40 bits per heavy atom. The number of carbonyl (C=O) groups is 3. The lowest BCUT2D eigenvalue weighted by molar-refractivity contribution is -0.138. The number of cyclic esters (lactones) is 1. The van der Waals surface area contributed by atoms with Gasteiger partial charge in [-0.25, -0.2) is 9.69 Å². The zero-order valence-corrected chi connectivity index (χ0v) is 12.8. The largest absolute Gasteiger partial charge is 0.447 e. The normalized spacial score (nSPS) is 21.1. The standard InChI is InChI=1S/C15H23NO4/c1-6-7-10(4)13(17)11(5)14(18)16-12(9(2)3)8-20-15(16)19/h7,9,11-12H,6,8H2,1-5H3. The number of ether oxygens (including phenoxy) is 1. The zero-order valence-electron chi connectivity index (χ0n) is 12.8. The summed E-state index contributed by atoms with van der Waals surface area (Å²) in [5.41, 5.74) is 0.557. The fraction of sp³-hybridized carbons (Fsp3) is 0.667. The molecule has 0 aromatic heterocycles. The van der Waals surface area contributed by atoms with Crippen LogP contribution in [0.1, 0.15) is 41.0 Å². The molecule has 5 heteroatoms. The number of allylic oxidation sites excluding steroid dienone is 2. The highest BCUT2D eigenvalue weighted by Crippen LogP contribution is 2.23. The second-order valence-corrected chi connectivity index (χ2v) is 5.48. The Morgan fingerprint density at radius 2 is 2.00 bits per heavy atom. The van der Waals surface area contributed by atoms with Gasteiger partial charge in [0.05, 0.1) is 12.0 Å². The van der Waals surface area contributed by atoms with E-state index in [0.29, 0.717) is 5.57 Å². The van der Waals surface area contributed by atoms with Gasteiger partial charge in [-0.2, -0.15) is 0 Å². The molecule has 0 bridgehead atoms. The molecule has 0 aliphatic carbocycles. The number of amides is 2. The van der Waals surface area contributed by atoms with Crippen molar-refractivity contribution in [3.05, 3.63) is 11.6 Å². The number of carbonyl (C=O) groups excluding carboxylic acids is 3. The van der Waals surface area contributed by atoms with Crippen molar-refractivity contribution in [2.24, 2.45) is 11.8 Å². The molecule has 1 rings (SSSR count). The average molecular weight is 281 g/mol. The minimum atomic E-state index is -0.857. The Morgan fingerprint density at radius 3 is 2.50 bits per heavy atom. The highest BCUT2D eigenvalue weighted by atomic mass is 16.6. The fourth-order valence-electron chi connectivity index (χ4n) is 2.25. The van der Waals surface area contributed by atoms with E-state index >= 15 is 0 Å². The molecule has 0 aromatic rings. The first-order valence-corrected chi connectivity index (χ1v) is 7.02. The van der Waals surface area contributed by atoms with Crippen LogP contribution < -0.4 is 0 Å². The number of nitrogens with zero attached hydrogens (tertiary/aromatic N) is 1. The summed E-state index contributed by atoms with van der Waals surface area (Å²) in [6.07, 6.45) is 1.87. The van der Waals surface area contributed by atoms with Gasteiger partial charge in [0.1, 0.15) is 6.61 Å². The maximum Gasteiger partial charge on any atom is 0.417 e. The quantitative estimate of drug-likeness (QED) is 0.574. The molecule has 0 radical (unpaired) electrons. The highest BCUT2D eigenvalue weighted by Gasteiger charge is 2.42. The minimum Gasteiger partial charge on any atom is -0.447 e. The third-order valence-electron chi connectivity index (χ3n) is 3.58. The summed E-state index contributed by atoms with van der Waals surface area (Å²) in [6, 6.07) is -0.291. The van der Waals surface area contributed by atoms with E-state index in [1.807, 2.05) is 20.8 Å². The number of hydrogen-bond acceptors (Lipinski definition) is 4. The summed E-state index contributed by atoms with van der Waals surface area (Å²) in [5, 5.41) is 0. The molecule has 2 unspecified atom stereocenters. The lowest BCUT2D eigenvalue weighted by Crippen LogP contribution is -2.46. The Hall–Kier alpha value is -1.65. The van der Waals surface area contributed by atoms with Crippen molar-refractivity contribution in [1.82, 2.24) is 4.90 Å². The number of rotatable bonds is 5. The first-order chi connectivity index (χ1) is 9.31. The molecule has 1 aliphatic rings. The van der Waals surface area contributed by atoms with Crippen LogP contribution >= 0.6 is 0 Å². The molecule has 0 N–H and O–H groups in total. The molecule has 1 aliphatic heterocycles. The summed E-state index contributed by atoms with van der Waals surface area (Å²) in [4.78, 5) is 37.4. The van der Waals surface area contributed by atoms with Crippen LogP contribution in [0.25, 0.3) is 0 Å². The third-order valence-corrected chi connectivity index (χ3v) is 3.58. The van der Waals surface area contributed by atoms with Gasteiger partial charge in [-0.1, -0.05) is 26.8 Å². The molecule has 2 amide bonds. The van der Waals surface area contributed by atoms with Gasteiger partial charge in [-0.05, 0) is 31.8 Å². The van der Waals surface area contributed by atoms with Crippen LogP contribution in [0.5, 0.6) is 0 Å². The van der Waals surface area contributed by atoms with Crippen LogP contribution in [0, 0.1) is 11.8 Å². The number of Topliss-reactive ketones (excluding diaryl/α,β-unsaturated/α-hetero) is 1. The van der Waals surface area contributed by atoms with Crippen molar-refractivity contribution in [3.8, 4) is 0 Å². The molecule has 1 fully saturated rings. The third kappa shape index (κ3) is 3.26. The van der Waals surface area contributed by atoms with Gasteiger partial charge in [0.25, 0.3) is 0 Å². The molecule has 2 atom stereocenters. The van der Waals surface area contributed by atoms with E-state index in [2.05, 4.69) is 0 Å². The first kappa shape index (κ1) is 16.4. The predicted octanol–water partition coefficient (Wildman–Crippen LogP) is 2.55. The number of imide groups is 1. The molecule has 0 saturated carbocycles. The summed E-state index contributed by atoms with van der Waals surface area (Å²) in [6.45, 7) is 9.20. The monoisotopic (exact) mass is 281 g/mol. The van der Waals surface area contributed by atoms with Crippen molar-refractivity contribution < 1.29 is 19.1 Å². The van der Waals surface area contributed by atoms with Gasteiger partial charge in [0, 0.05) is 0 Å². The molecule has 0 spiro atoms. The molecular formula is C15H23NO4. The Balaban J connectivity index is 2.90. The van der Waals surface area contributed by atoms with E-state index in [0.717, 1.165) is 11.3 Å². The van der Waals surface area contributed by atoms with Crippen LogP contribution in [0.15, 0.2) is 11.6 Å². The van der Waals surface area contributed by atoms with Crippen molar-refractivity contribution in [2.45, 2.75) is 47.1 Å². The van der Waals surface area contributed by atoms with E-state index in [1.54, 1.807) is 19.9 Å². The Labute approximate surface area is 120 Å². The summed E-state index contributed by atoms with van der Waals surface area (Å²) in [7, 11) is 0. The van der Waals surface area contributed by atoms with E-state index in [9.17, 15) is 14.4 Å². The van der Waals surface area contributed by atoms with Crippen LogP contribution in [-0.2, 0) is 14.3 Å². The summed E-state index contributed by atoms with van der Waals surface area (Å²) in [5.74, 6) is -1.47. The maximum absolute atomic E-state index is 12.4. The topological polar surface area (TPSA) is 63.7 Å². The van der Waals surface area contributed by atoms with Crippen LogP contribution in [-0.4, -0.2) is 35.3 Å². The molecule has 112 valence electrons. The van der Waals surface area contributed by atoms with Crippen LogP contribution in [0.3, 0.4) is 0 Å². The van der Waals surface area contributed by atoms with Gasteiger partial charge >= 0.3 is 6.09 Å². The van der Waals surface area contributed by atoms with E-state index < -0.39 is 17.9 Å². The van der Waals surface area contributed by atoms with Crippen molar-refractivity contribution in [1.29, 1.82) is 0 Å². The van der Waals surface area contributed by atoms with E-state index in [-0.39, 0.29) is 24.3 Å². The molecule has 0 aromatic carbocycles. The van der Waals surface area contributed by atoms with Gasteiger partial charge in [-0.3, -0.25) is 9.59 Å². The van der Waals surface area contributed by atoms with Crippen LogP contribution in [0.4, 0.5) is 4.79 Å². The van der Waals surface area contributed by atoms with Crippen LogP contribution in [0.2, 0.25) is 0 Å². The van der Waals surface area contributed by atoms with Crippen molar-refractivity contribution in [2.75, 3.05) is 6.61 Å². The van der Waals surface area contributed by atoms with Crippen molar-refractivity contribution in [3.63, 3.8) is 0 Å². The van der Waals surface area contributed by atoms with Gasteiger partial charge < -0.3 is 4.74 Å². The van der Waals surface area contributed by atoms with Crippen molar-refractivity contribution >= 4 is 17.8 Å². The summed E-state index contributed by atoms with van der Waals surface area (Å²) >= 11 is 0. The highest BCUT2D eigenvalue weighted by molar-refractivity contribution is 6.12. The van der Waals surface area contributed by atoms with Gasteiger partial charge in [0.2, 0.25) is 5.91 Å². The van der Waals surface area contributed by atoms with Gasteiger partial charge in [0.15, 0.2) is 5.78 Å². The molecule has 1 heterocycles. The number of hydrogen-bond donors (Lipinski definition) is 0. The summed E-state index contributed by atoms with van der Waals surface area (Å²) < 4.78 is 4.94. The second-order valence-electron chi connectivity index (χ2n) is 5.48. The fourth-order valence-corrected chi connectivity index (χ4v) is 2.25. The minimum absolute atomic E-state index is 0.0972. The van der Waals surface area contributed by atoms with E-state index in [1.165, 1.54) is 0 Å². The smallest absolute Gasteiger partial charge is 0.417 e. The molecule has 5 nitrogen and oxygen atoms in total. The second kappa shape index (κ2) is 6.68. The maximum atomic E-state index is 12.4. The van der Waals surface area contributed by atoms with Gasteiger partial charge in [-0.15, -0.1) is 0 Å². The number of ketones is 1.